The molecule has 2 aromatic carbocycles. The van der Waals surface area contributed by atoms with E-state index in [2.05, 4.69) is 41.3 Å². The number of aliphatic imine (C=N–C) groups is 1. The summed E-state index contributed by atoms with van der Waals surface area (Å²) in [5.41, 5.74) is 3.59. The lowest BCUT2D eigenvalue weighted by atomic mass is 9.92. The lowest BCUT2D eigenvalue weighted by molar-refractivity contribution is 0.0533. The van der Waals surface area contributed by atoms with E-state index in [0.717, 1.165) is 12.8 Å². The SMILES string of the molecule is OC[C@@H](c1ccccc1)N1[C@@H]2CCC[C@H]1C(c1ccccc1)=N2. The maximum atomic E-state index is 10.1. The van der Waals surface area contributed by atoms with E-state index in [1.807, 2.05) is 24.3 Å². The predicted octanol–water partition coefficient (Wildman–Crippen LogP) is 3.40. The molecular formula is C20H22N2O. The molecule has 0 unspecified atom stereocenters. The zero-order valence-corrected chi connectivity index (χ0v) is 13.2. The van der Waals surface area contributed by atoms with Crippen LogP contribution in [0, 0.1) is 0 Å². The first-order valence-electron chi connectivity index (χ1n) is 8.45. The summed E-state index contributed by atoms with van der Waals surface area (Å²) in [6.07, 6.45) is 3.60. The van der Waals surface area contributed by atoms with Gasteiger partial charge in [0, 0.05) is 0 Å². The van der Waals surface area contributed by atoms with Crippen molar-refractivity contribution >= 4 is 5.71 Å². The van der Waals surface area contributed by atoms with Gasteiger partial charge >= 0.3 is 0 Å². The first-order chi connectivity index (χ1) is 11.4. The van der Waals surface area contributed by atoms with Gasteiger partial charge < -0.3 is 5.11 Å². The molecule has 0 saturated carbocycles. The summed E-state index contributed by atoms with van der Waals surface area (Å²) < 4.78 is 0. The summed E-state index contributed by atoms with van der Waals surface area (Å²) in [4.78, 5) is 7.46. The second-order valence-electron chi connectivity index (χ2n) is 6.36. The smallest absolute Gasteiger partial charge is 0.103 e. The molecule has 0 aromatic heterocycles. The number of aliphatic hydroxyl groups is 1. The van der Waals surface area contributed by atoms with Gasteiger partial charge in [0.25, 0.3) is 0 Å². The van der Waals surface area contributed by atoms with Crippen molar-refractivity contribution in [3.63, 3.8) is 0 Å². The van der Waals surface area contributed by atoms with E-state index in [-0.39, 0.29) is 18.8 Å². The standard InChI is InChI=1S/C20H22N2O/c23-14-18(15-8-3-1-4-9-15)22-17-12-7-13-19(22)21-20(17)16-10-5-2-6-11-16/h1-6,8-11,17-19,23H,7,12-14H2/t17-,18-,19+/m0/s1. The minimum absolute atomic E-state index is 0.0245. The van der Waals surface area contributed by atoms with Crippen molar-refractivity contribution < 1.29 is 5.11 Å². The fourth-order valence-electron chi connectivity index (χ4n) is 4.00. The Morgan fingerprint density at radius 2 is 1.70 bits per heavy atom. The Bertz CT molecular complexity index is 683. The normalized spacial score (nSPS) is 25.2. The highest BCUT2D eigenvalue weighted by Gasteiger charge is 2.43. The van der Waals surface area contributed by atoms with Crippen LogP contribution in [-0.4, -0.2) is 34.5 Å². The number of aliphatic hydroxyl groups excluding tert-OH is 1. The molecule has 1 N–H and O–H groups in total. The Hall–Kier alpha value is -1.97. The summed E-state index contributed by atoms with van der Waals surface area (Å²) >= 11 is 0. The van der Waals surface area contributed by atoms with Gasteiger partial charge in [-0.25, -0.2) is 0 Å². The largest absolute Gasteiger partial charge is 0.394 e. The van der Waals surface area contributed by atoms with Gasteiger partial charge in [0.05, 0.1) is 24.4 Å². The van der Waals surface area contributed by atoms with E-state index in [1.165, 1.54) is 23.3 Å². The highest BCUT2D eigenvalue weighted by molar-refractivity contribution is 6.05. The molecule has 2 aliphatic heterocycles. The molecule has 0 amide bonds. The Morgan fingerprint density at radius 3 is 2.39 bits per heavy atom. The molecule has 3 nitrogen and oxygen atoms in total. The van der Waals surface area contributed by atoms with Gasteiger partial charge in [-0.3, -0.25) is 9.89 Å². The zero-order chi connectivity index (χ0) is 15.6. The Balaban J connectivity index is 1.68. The van der Waals surface area contributed by atoms with Crippen LogP contribution in [0.3, 0.4) is 0 Å². The number of hydrogen-bond acceptors (Lipinski definition) is 3. The lowest BCUT2D eigenvalue weighted by Crippen LogP contribution is -2.46. The summed E-state index contributed by atoms with van der Waals surface area (Å²) in [5, 5.41) is 10.1. The third-order valence-corrected chi connectivity index (χ3v) is 5.03. The van der Waals surface area contributed by atoms with Gasteiger partial charge in [0.2, 0.25) is 0 Å². The van der Waals surface area contributed by atoms with Crippen LogP contribution < -0.4 is 0 Å². The van der Waals surface area contributed by atoms with Gasteiger partial charge in [0.1, 0.15) is 6.17 Å². The third kappa shape index (κ3) is 2.60. The highest BCUT2D eigenvalue weighted by atomic mass is 16.3. The molecule has 1 saturated heterocycles. The number of nitrogens with zero attached hydrogens (tertiary/aromatic N) is 2. The second-order valence-corrected chi connectivity index (χ2v) is 6.36. The van der Waals surface area contributed by atoms with Gasteiger partial charge in [-0.2, -0.15) is 0 Å². The van der Waals surface area contributed by atoms with Crippen molar-refractivity contribution in [3.8, 4) is 0 Å². The van der Waals surface area contributed by atoms with Crippen LogP contribution in [0.5, 0.6) is 0 Å². The van der Waals surface area contributed by atoms with E-state index >= 15 is 0 Å². The van der Waals surface area contributed by atoms with E-state index in [9.17, 15) is 5.11 Å². The number of rotatable bonds is 4. The maximum absolute atomic E-state index is 10.1. The maximum Gasteiger partial charge on any atom is 0.103 e. The average molecular weight is 306 g/mol. The molecule has 23 heavy (non-hydrogen) atoms. The van der Waals surface area contributed by atoms with Gasteiger partial charge in [0.15, 0.2) is 0 Å². The Morgan fingerprint density at radius 1 is 1.00 bits per heavy atom. The molecule has 4 rings (SSSR count). The Labute approximate surface area is 137 Å². The van der Waals surface area contributed by atoms with Crippen LogP contribution in [0.25, 0.3) is 0 Å². The fraction of sp³-hybridized carbons (Fsp3) is 0.350. The van der Waals surface area contributed by atoms with Gasteiger partial charge in [-0.15, -0.1) is 0 Å². The first-order valence-corrected chi connectivity index (χ1v) is 8.45. The van der Waals surface area contributed by atoms with E-state index in [4.69, 9.17) is 4.99 Å². The number of benzene rings is 2. The topological polar surface area (TPSA) is 35.8 Å². The fourth-order valence-corrected chi connectivity index (χ4v) is 4.00. The van der Waals surface area contributed by atoms with E-state index < -0.39 is 0 Å². The van der Waals surface area contributed by atoms with Crippen LogP contribution in [0.4, 0.5) is 0 Å². The molecule has 3 atom stereocenters. The zero-order valence-electron chi connectivity index (χ0n) is 13.2. The molecule has 1 fully saturated rings. The van der Waals surface area contributed by atoms with Gasteiger partial charge in [-0.05, 0) is 30.4 Å². The van der Waals surface area contributed by atoms with Crippen molar-refractivity contribution in [3.05, 3.63) is 71.8 Å². The molecule has 0 radical (unpaired) electrons. The average Bonchev–Trinajstić information content (AvgIpc) is 2.83. The number of piperidine rings is 1. The summed E-state index contributed by atoms with van der Waals surface area (Å²) in [5.74, 6) is 0. The van der Waals surface area contributed by atoms with Crippen LogP contribution >= 0.6 is 0 Å². The highest BCUT2D eigenvalue weighted by Crippen LogP contribution is 2.39. The molecule has 0 spiro atoms. The minimum Gasteiger partial charge on any atom is -0.394 e. The third-order valence-electron chi connectivity index (χ3n) is 5.03. The number of fused-ring (bicyclic) bond motifs is 2. The van der Waals surface area contributed by atoms with Crippen LogP contribution in [-0.2, 0) is 0 Å². The first kappa shape index (κ1) is 14.6. The summed E-state index contributed by atoms with van der Waals surface area (Å²) in [6, 6.07) is 21.2. The van der Waals surface area contributed by atoms with Crippen LogP contribution in [0.2, 0.25) is 0 Å². The van der Waals surface area contributed by atoms with Crippen molar-refractivity contribution in [1.82, 2.24) is 4.90 Å². The molecule has 2 aliphatic rings. The monoisotopic (exact) mass is 306 g/mol. The molecule has 2 bridgehead atoms. The quantitative estimate of drug-likeness (QED) is 0.939. The second kappa shape index (κ2) is 6.26. The van der Waals surface area contributed by atoms with E-state index in [1.54, 1.807) is 0 Å². The Kier molecular flexibility index (Phi) is 3.98. The van der Waals surface area contributed by atoms with Crippen molar-refractivity contribution in [2.45, 2.75) is 37.5 Å². The van der Waals surface area contributed by atoms with Crippen molar-refractivity contribution in [1.29, 1.82) is 0 Å². The van der Waals surface area contributed by atoms with Crippen molar-refractivity contribution in [2.24, 2.45) is 4.99 Å². The predicted molar refractivity (Wildman–Crippen MR) is 92.5 cm³/mol. The summed E-state index contributed by atoms with van der Waals surface area (Å²) in [6.45, 7) is 0.134. The molecule has 0 aliphatic carbocycles. The molecule has 118 valence electrons. The molecular weight excluding hydrogens is 284 g/mol. The van der Waals surface area contributed by atoms with Crippen molar-refractivity contribution in [2.75, 3.05) is 6.61 Å². The van der Waals surface area contributed by atoms with E-state index in [0.29, 0.717) is 6.04 Å². The molecule has 3 heteroatoms. The van der Waals surface area contributed by atoms with Crippen LogP contribution in [0.1, 0.15) is 36.4 Å². The van der Waals surface area contributed by atoms with Gasteiger partial charge in [-0.1, -0.05) is 60.7 Å². The van der Waals surface area contributed by atoms with Crippen LogP contribution in [0.15, 0.2) is 65.7 Å². The molecule has 2 aromatic rings. The summed E-state index contributed by atoms with van der Waals surface area (Å²) in [7, 11) is 0. The number of hydrogen-bond donors (Lipinski definition) is 1. The minimum atomic E-state index is 0.0245. The lowest BCUT2D eigenvalue weighted by Gasteiger charge is -2.39. The molecule has 2 heterocycles.